The van der Waals surface area contributed by atoms with E-state index in [1.807, 2.05) is 0 Å². The minimum atomic E-state index is -0.140. The van der Waals surface area contributed by atoms with E-state index in [1.54, 1.807) is 0 Å². The fourth-order valence-electron chi connectivity index (χ4n) is 3.24. The van der Waals surface area contributed by atoms with Crippen molar-refractivity contribution >= 4 is 0 Å². The van der Waals surface area contributed by atoms with Gasteiger partial charge in [0.25, 0.3) is 0 Å². The van der Waals surface area contributed by atoms with Crippen molar-refractivity contribution in [3.05, 3.63) is 11.7 Å². The molecule has 0 bridgehead atoms. The topological polar surface area (TPSA) is 68.2 Å². The zero-order chi connectivity index (χ0) is 15.5. The van der Waals surface area contributed by atoms with Crippen molar-refractivity contribution in [1.29, 1.82) is 0 Å². The average molecular weight is 294 g/mol. The number of likely N-dealkylation sites (tertiary alicyclic amines) is 1. The molecular formula is C16H30N4O. The molecule has 0 amide bonds. The molecule has 0 aromatic carbocycles. The van der Waals surface area contributed by atoms with Crippen molar-refractivity contribution in [2.75, 3.05) is 19.6 Å². The van der Waals surface area contributed by atoms with Gasteiger partial charge in [-0.3, -0.25) is 0 Å². The van der Waals surface area contributed by atoms with E-state index in [-0.39, 0.29) is 6.04 Å². The van der Waals surface area contributed by atoms with E-state index in [0.29, 0.717) is 17.2 Å². The molecule has 1 saturated heterocycles. The maximum Gasteiger partial charge on any atom is 0.226 e. The molecule has 1 aromatic heterocycles. The number of hydrogen-bond acceptors (Lipinski definition) is 5. The first-order chi connectivity index (χ1) is 9.83. The minimum Gasteiger partial charge on any atom is -0.339 e. The molecular weight excluding hydrogens is 264 g/mol. The molecule has 1 aliphatic rings. The Morgan fingerprint density at radius 2 is 1.95 bits per heavy atom. The Hall–Kier alpha value is -0.940. The highest BCUT2D eigenvalue weighted by Crippen LogP contribution is 2.26. The molecule has 2 atom stereocenters. The van der Waals surface area contributed by atoms with Crippen LogP contribution in [0.3, 0.4) is 0 Å². The summed E-state index contributed by atoms with van der Waals surface area (Å²) in [6, 6.07) is -0.140. The van der Waals surface area contributed by atoms with Gasteiger partial charge in [0, 0.05) is 13.0 Å². The number of nitrogens with zero attached hydrogens (tertiary/aromatic N) is 3. The van der Waals surface area contributed by atoms with Crippen LogP contribution < -0.4 is 5.73 Å². The fraction of sp³-hybridized carbons (Fsp3) is 0.875. The van der Waals surface area contributed by atoms with Crippen molar-refractivity contribution in [2.45, 2.75) is 59.4 Å². The molecule has 0 aliphatic carbocycles. The Morgan fingerprint density at radius 3 is 2.57 bits per heavy atom. The van der Waals surface area contributed by atoms with Crippen molar-refractivity contribution in [3.8, 4) is 0 Å². The average Bonchev–Trinajstić information content (AvgIpc) is 2.97. The van der Waals surface area contributed by atoms with Crippen LogP contribution in [-0.4, -0.2) is 34.7 Å². The van der Waals surface area contributed by atoms with Gasteiger partial charge >= 0.3 is 0 Å². The van der Waals surface area contributed by atoms with Crippen LogP contribution in [-0.2, 0) is 6.42 Å². The molecule has 5 nitrogen and oxygen atoms in total. The monoisotopic (exact) mass is 294 g/mol. The molecule has 5 heteroatoms. The molecule has 21 heavy (non-hydrogen) atoms. The van der Waals surface area contributed by atoms with Crippen molar-refractivity contribution in [3.63, 3.8) is 0 Å². The van der Waals surface area contributed by atoms with Crippen LogP contribution >= 0.6 is 0 Å². The normalized spacial score (nSPS) is 19.9. The summed E-state index contributed by atoms with van der Waals surface area (Å²) in [5, 5.41) is 4.07. The maximum absolute atomic E-state index is 6.19. The summed E-state index contributed by atoms with van der Waals surface area (Å²) in [6.07, 6.45) is 4.52. The SMILES string of the molecule is CC(Cc1nc(C(N)CN2CCCC2)no1)CC(C)(C)C. The quantitative estimate of drug-likeness (QED) is 0.873. The van der Waals surface area contributed by atoms with Gasteiger partial charge < -0.3 is 15.2 Å². The third-order valence-electron chi connectivity index (χ3n) is 3.95. The molecule has 2 heterocycles. The summed E-state index contributed by atoms with van der Waals surface area (Å²) in [5.41, 5.74) is 6.52. The summed E-state index contributed by atoms with van der Waals surface area (Å²) in [6.45, 7) is 12.1. The van der Waals surface area contributed by atoms with E-state index < -0.39 is 0 Å². The Bertz CT molecular complexity index is 432. The smallest absolute Gasteiger partial charge is 0.226 e. The molecule has 0 spiro atoms. The number of rotatable bonds is 6. The van der Waals surface area contributed by atoms with E-state index in [1.165, 1.54) is 12.8 Å². The summed E-state index contributed by atoms with van der Waals surface area (Å²) in [5.74, 6) is 1.91. The molecule has 1 fully saturated rings. The second-order valence-electron chi connectivity index (χ2n) is 7.73. The van der Waals surface area contributed by atoms with E-state index in [2.05, 4.69) is 42.7 Å². The van der Waals surface area contributed by atoms with E-state index in [9.17, 15) is 0 Å². The van der Waals surface area contributed by atoms with Gasteiger partial charge in [0.15, 0.2) is 5.82 Å². The maximum atomic E-state index is 6.19. The van der Waals surface area contributed by atoms with Crippen LogP contribution in [0.1, 0.15) is 64.7 Å². The van der Waals surface area contributed by atoms with Crippen LogP contribution in [0, 0.1) is 11.3 Å². The number of hydrogen-bond donors (Lipinski definition) is 1. The van der Waals surface area contributed by atoms with Gasteiger partial charge in [0.05, 0.1) is 6.04 Å². The summed E-state index contributed by atoms with van der Waals surface area (Å²) in [7, 11) is 0. The lowest BCUT2D eigenvalue weighted by molar-refractivity contribution is 0.280. The molecule has 120 valence electrons. The van der Waals surface area contributed by atoms with Gasteiger partial charge in [0.2, 0.25) is 5.89 Å². The first kappa shape index (κ1) is 16.4. The standard InChI is InChI=1S/C16H30N4O/c1-12(10-16(2,3)4)9-14-18-15(19-21-14)13(17)11-20-7-5-6-8-20/h12-13H,5-11,17H2,1-4H3. The fourth-order valence-corrected chi connectivity index (χ4v) is 3.24. The first-order valence-electron chi connectivity index (χ1n) is 8.14. The van der Waals surface area contributed by atoms with Gasteiger partial charge in [-0.25, -0.2) is 0 Å². The Labute approximate surface area is 128 Å². The van der Waals surface area contributed by atoms with Crippen LogP contribution in [0.4, 0.5) is 0 Å². The van der Waals surface area contributed by atoms with Gasteiger partial charge in [-0.05, 0) is 43.7 Å². The highest BCUT2D eigenvalue weighted by atomic mass is 16.5. The number of aromatic nitrogens is 2. The van der Waals surface area contributed by atoms with Crippen molar-refractivity contribution in [2.24, 2.45) is 17.1 Å². The van der Waals surface area contributed by atoms with Gasteiger partial charge in [-0.15, -0.1) is 0 Å². The zero-order valence-corrected chi connectivity index (χ0v) is 13.9. The molecule has 2 unspecified atom stereocenters. The Morgan fingerprint density at radius 1 is 1.29 bits per heavy atom. The Balaban J connectivity index is 1.85. The van der Waals surface area contributed by atoms with E-state index >= 15 is 0 Å². The van der Waals surface area contributed by atoms with E-state index in [0.717, 1.165) is 38.4 Å². The number of nitrogens with two attached hydrogens (primary N) is 1. The molecule has 1 aromatic rings. The first-order valence-corrected chi connectivity index (χ1v) is 8.14. The Kier molecular flexibility index (Phi) is 5.38. The van der Waals surface area contributed by atoms with Crippen molar-refractivity contribution < 1.29 is 4.52 Å². The third kappa shape index (κ3) is 5.40. The van der Waals surface area contributed by atoms with Gasteiger partial charge in [-0.1, -0.05) is 32.9 Å². The predicted octanol–water partition coefficient (Wildman–Crippen LogP) is 2.78. The van der Waals surface area contributed by atoms with Crippen LogP contribution in [0.15, 0.2) is 4.52 Å². The minimum absolute atomic E-state index is 0.140. The largest absolute Gasteiger partial charge is 0.339 e. The molecule has 2 rings (SSSR count). The lowest BCUT2D eigenvalue weighted by Crippen LogP contribution is -2.30. The van der Waals surface area contributed by atoms with E-state index in [4.69, 9.17) is 10.3 Å². The van der Waals surface area contributed by atoms with Crippen LogP contribution in [0.2, 0.25) is 0 Å². The van der Waals surface area contributed by atoms with Gasteiger partial charge in [0.1, 0.15) is 0 Å². The lowest BCUT2D eigenvalue weighted by Gasteiger charge is -2.22. The molecule has 2 N–H and O–H groups in total. The van der Waals surface area contributed by atoms with Crippen LogP contribution in [0.25, 0.3) is 0 Å². The summed E-state index contributed by atoms with van der Waals surface area (Å²) >= 11 is 0. The molecule has 0 radical (unpaired) electrons. The predicted molar refractivity (Wildman–Crippen MR) is 83.8 cm³/mol. The third-order valence-corrected chi connectivity index (χ3v) is 3.95. The highest BCUT2D eigenvalue weighted by Gasteiger charge is 2.22. The zero-order valence-electron chi connectivity index (χ0n) is 13.9. The summed E-state index contributed by atoms with van der Waals surface area (Å²) < 4.78 is 5.38. The lowest BCUT2D eigenvalue weighted by atomic mass is 9.84. The second kappa shape index (κ2) is 6.88. The molecule has 1 aliphatic heterocycles. The second-order valence-corrected chi connectivity index (χ2v) is 7.73. The molecule has 0 saturated carbocycles. The summed E-state index contributed by atoms with van der Waals surface area (Å²) in [4.78, 5) is 6.87. The van der Waals surface area contributed by atoms with Gasteiger partial charge in [-0.2, -0.15) is 4.98 Å². The van der Waals surface area contributed by atoms with Crippen molar-refractivity contribution in [1.82, 2.24) is 15.0 Å². The van der Waals surface area contributed by atoms with Crippen LogP contribution in [0.5, 0.6) is 0 Å². The highest BCUT2D eigenvalue weighted by molar-refractivity contribution is 4.95.